The predicted octanol–water partition coefficient (Wildman–Crippen LogP) is 3.95. The van der Waals surface area contributed by atoms with Gasteiger partial charge in [0, 0.05) is 48.8 Å². The zero-order valence-electron chi connectivity index (χ0n) is 18.9. The van der Waals surface area contributed by atoms with E-state index in [2.05, 4.69) is 29.0 Å². The lowest BCUT2D eigenvalue weighted by molar-refractivity contribution is -0.110. The number of benzene rings is 1. The van der Waals surface area contributed by atoms with Crippen LogP contribution in [0.25, 0.3) is 11.6 Å². The van der Waals surface area contributed by atoms with E-state index in [1.165, 1.54) is 36.3 Å². The van der Waals surface area contributed by atoms with Crippen LogP contribution in [-0.4, -0.2) is 53.0 Å². The quantitative estimate of drug-likeness (QED) is 0.651. The molecule has 3 fully saturated rings. The topological polar surface area (TPSA) is 77.7 Å². The number of H-pyrrole nitrogens is 1. The van der Waals surface area contributed by atoms with E-state index in [4.69, 9.17) is 4.74 Å². The van der Waals surface area contributed by atoms with E-state index in [1.54, 1.807) is 4.90 Å². The van der Waals surface area contributed by atoms with Gasteiger partial charge in [0.1, 0.15) is 6.61 Å². The second-order valence-electron chi connectivity index (χ2n) is 9.65. The highest BCUT2D eigenvalue weighted by atomic mass is 35.5. The fraction of sp³-hybridized carbons (Fsp3) is 0.440. The number of cyclic esters (lactones) is 1. The van der Waals surface area contributed by atoms with Crippen LogP contribution in [-0.2, 0) is 22.6 Å². The number of nitrogens with one attached hydrogen (secondary N) is 2. The number of rotatable bonds is 5. The molecule has 1 saturated carbocycles. The van der Waals surface area contributed by atoms with E-state index < -0.39 is 0 Å². The minimum absolute atomic E-state index is 0. The van der Waals surface area contributed by atoms with Crippen molar-refractivity contribution in [1.29, 1.82) is 0 Å². The van der Waals surface area contributed by atoms with Gasteiger partial charge in [0.25, 0.3) is 5.91 Å². The van der Waals surface area contributed by atoms with Gasteiger partial charge < -0.3 is 19.9 Å². The van der Waals surface area contributed by atoms with Crippen LogP contribution in [0.4, 0.5) is 10.5 Å². The van der Waals surface area contributed by atoms with Crippen LogP contribution in [0.1, 0.15) is 40.1 Å². The highest BCUT2D eigenvalue weighted by molar-refractivity contribution is 6.34. The Kier molecular flexibility index (Phi) is 5.49. The van der Waals surface area contributed by atoms with Crippen LogP contribution in [0.15, 0.2) is 18.2 Å². The molecule has 1 aromatic carbocycles. The predicted molar refractivity (Wildman–Crippen MR) is 129 cm³/mol. The molecule has 4 heterocycles. The molecular formula is C25H29ClN4O3. The van der Waals surface area contributed by atoms with Gasteiger partial charge in [0.15, 0.2) is 0 Å². The number of fused-ring (bicyclic) bond motifs is 2. The van der Waals surface area contributed by atoms with Gasteiger partial charge in [-0.05, 0) is 67.0 Å². The van der Waals surface area contributed by atoms with E-state index in [-0.39, 0.29) is 24.4 Å². The molecule has 174 valence electrons. The van der Waals surface area contributed by atoms with Crippen molar-refractivity contribution < 1.29 is 14.3 Å². The Morgan fingerprint density at radius 2 is 1.94 bits per heavy atom. The van der Waals surface area contributed by atoms with E-state index in [9.17, 15) is 9.59 Å². The number of aryl methyl sites for hydroxylation is 1. The first-order valence-corrected chi connectivity index (χ1v) is 11.4. The minimum Gasteiger partial charge on any atom is -0.448 e. The molecule has 2 aromatic rings. The molecule has 6 rings (SSSR count). The third-order valence-electron chi connectivity index (χ3n) is 7.44. The van der Waals surface area contributed by atoms with Crippen LogP contribution in [0.5, 0.6) is 0 Å². The number of nitrogens with zero attached hydrogens (tertiary/aromatic N) is 2. The van der Waals surface area contributed by atoms with Crippen molar-refractivity contribution in [2.24, 2.45) is 11.8 Å². The molecule has 2 saturated heterocycles. The summed E-state index contributed by atoms with van der Waals surface area (Å²) in [5, 5.41) is 2.97. The zero-order valence-corrected chi connectivity index (χ0v) is 19.8. The third-order valence-corrected chi connectivity index (χ3v) is 7.44. The van der Waals surface area contributed by atoms with Gasteiger partial charge in [-0.2, -0.15) is 0 Å². The molecule has 0 bridgehead atoms. The summed E-state index contributed by atoms with van der Waals surface area (Å²) >= 11 is 0. The largest absolute Gasteiger partial charge is 0.448 e. The van der Waals surface area contributed by atoms with Crippen molar-refractivity contribution in [3.05, 3.63) is 51.8 Å². The highest BCUT2D eigenvalue weighted by Gasteiger charge is 2.44. The number of hydrogen-bond acceptors (Lipinski definition) is 4. The fourth-order valence-corrected chi connectivity index (χ4v) is 5.46. The summed E-state index contributed by atoms with van der Waals surface area (Å²) < 4.78 is 5.03. The van der Waals surface area contributed by atoms with Crippen molar-refractivity contribution in [2.75, 3.05) is 31.6 Å². The van der Waals surface area contributed by atoms with Gasteiger partial charge in [0.05, 0.1) is 12.1 Å². The Morgan fingerprint density at radius 3 is 2.67 bits per heavy atom. The molecule has 8 heteroatoms. The summed E-state index contributed by atoms with van der Waals surface area (Å²) in [4.78, 5) is 32.3. The van der Waals surface area contributed by atoms with E-state index in [1.807, 2.05) is 24.3 Å². The molecule has 0 radical (unpaired) electrons. The maximum atomic E-state index is 12.8. The van der Waals surface area contributed by atoms with Crippen LogP contribution >= 0.6 is 12.4 Å². The normalized spacial score (nSPS) is 24.5. The van der Waals surface area contributed by atoms with Crippen LogP contribution in [0.2, 0.25) is 0 Å². The van der Waals surface area contributed by atoms with Crippen molar-refractivity contribution in [1.82, 2.24) is 14.8 Å². The summed E-state index contributed by atoms with van der Waals surface area (Å²) in [6, 6.07) is 5.88. The molecule has 3 aliphatic heterocycles. The number of anilines is 1. The van der Waals surface area contributed by atoms with Crippen molar-refractivity contribution >= 4 is 41.7 Å². The lowest BCUT2D eigenvalue weighted by Gasteiger charge is -2.17. The standard InChI is InChI=1S/C25H28N4O3.ClH/c1-14-21(13-28-11-17-8-18(17)12-28)15(2)26-23(14)9-20-19-7-16(3-4-22(19)27-24(20)30)10-29-5-6-32-25(29)31;/h3-4,7,9,17-18,26H,5-6,8,10-13H2,1-2H3,(H,27,30);1H/t17-,18?;/m1./s1. The lowest BCUT2D eigenvalue weighted by atomic mass is 10.0. The fourth-order valence-electron chi connectivity index (χ4n) is 5.46. The first kappa shape index (κ1) is 22.0. The number of hydrogen-bond donors (Lipinski definition) is 2. The molecule has 2 N–H and O–H groups in total. The molecule has 4 aliphatic rings. The second-order valence-corrected chi connectivity index (χ2v) is 9.65. The number of piperidine rings is 1. The summed E-state index contributed by atoms with van der Waals surface area (Å²) in [7, 11) is 0. The third kappa shape index (κ3) is 3.93. The zero-order chi connectivity index (χ0) is 22.0. The van der Waals surface area contributed by atoms with E-state index in [0.29, 0.717) is 25.3 Å². The lowest BCUT2D eigenvalue weighted by Crippen LogP contribution is -2.23. The van der Waals surface area contributed by atoms with Gasteiger partial charge in [0.2, 0.25) is 0 Å². The van der Waals surface area contributed by atoms with Gasteiger partial charge in [-0.1, -0.05) is 6.07 Å². The minimum atomic E-state index is -0.282. The van der Waals surface area contributed by atoms with Gasteiger partial charge in [-0.15, -0.1) is 12.4 Å². The second kappa shape index (κ2) is 8.22. The number of carbonyl (C=O) groups excluding carboxylic acids is 2. The smallest absolute Gasteiger partial charge is 0.410 e. The number of ether oxygens (including phenoxy) is 1. The Hall–Kier alpha value is -2.77. The first-order chi connectivity index (χ1) is 15.5. The van der Waals surface area contributed by atoms with E-state index >= 15 is 0 Å². The van der Waals surface area contributed by atoms with Gasteiger partial charge in [-0.25, -0.2) is 4.79 Å². The average molecular weight is 469 g/mol. The number of likely N-dealkylation sites (tertiary alicyclic amines) is 1. The van der Waals surface area contributed by atoms with Crippen molar-refractivity contribution in [2.45, 2.75) is 33.4 Å². The van der Waals surface area contributed by atoms with E-state index in [0.717, 1.165) is 40.9 Å². The van der Waals surface area contributed by atoms with Crippen LogP contribution < -0.4 is 5.32 Å². The summed E-state index contributed by atoms with van der Waals surface area (Å²) in [5.74, 6) is 1.75. The SMILES string of the molecule is Cc1[nH]c(C=C2C(=O)Nc3ccc(CN4CCOC4=O)cc32)c(C)c1CN1CC2C[C@@H]2C1.Cl. The maximum Gasteiger partial charge on any atom is 0.410 e. The number of aromatic nitrogens is 1. The Balaban J connectivity index is 0.00000228. The molecule has 7 nitrogen and oxygen atoms in total. The molecule has 0 spiro atoms. The monoisotopic (exact) mass is 468 g/mol. The van der Waals surface area contributed by atoms with Crippen LogP contribution in [0.3, 0.4) is 0 Å². The average Bonchev–Trinajstić information content (AvgIpc) is 3.05. The molecular weight excluding hydrogens is 440 g/mol. The Morgan fingerprint density at radius 1 is 1.15 bits per heavy atom. The first-order valence-electron chi connectivity index (χ1n) is 11.4. The van der Waals surface area contributed by atoms with Crippen LogP contribution in [0, 0.1) is 25.7 Å². The number of carbonyl (C=O) groups is 2. The van der Waals surface area contributed by atoms with Gasteiger partial charge in [-0.3, -0.25) is 9.69 Å². The Bertz CT molecular complexity index is 1160. The molecule has 1 unspecified atom stereocenters. The molecule has 33 heavy (non-hydrogen) atoms. The molecule has 1 aromatic heterocycles. The number of aromatic amines is 1. The van der Waals surface area contributed by atoms with Crippen molar-refractivity contribution in [3.8, 4) is 0 Å². The molecule has 1 aliphatic carbocycles. The highest BCUT2D eigenvalue weighted by Crippen LogP contribution is 2.45. The Labute approximate surface area is 199 Å². The summed E-state index contributed by atoms with van der Waals surface area (Å²) in [6.07, 6.45) is 3.10. The summed E-state index contributed by atoms with van der Waals surface area (Å²) in [6.45, 7) is 9.18. The van der Waals surface area contributed by atoms with Crippen molar-refractivity contribution in [3.63, 3.8) is 0 Å². The molecule has 2 atom stereocenters. The van der Waals surface area contributed by atoms with Gasteiger partial charge >= 0.3 is 6.09 Å². The molecule has 2 amide bonds. The maximum absolute atomic E-state index is 12.8. The summed E-state index contributed by atoms with van der Waals surface area (Å²) in [5.41, 5.74) is 8.07. The number of amides is 2. The number of halogens is 1.